The molecule has 0 bridgehead atoms. The van der Waals surface area contributed by atoms with Crippen molar-refractivity contribution in [3.8, 4) is 11.3 Å². The van der Waals surface area contributed by atoms with Crippen LogP contribution in [0.2, 0.25) is 0 Å². The van der Waals surface area contributed by atoms with Crippen LogP contribution in [0, 0.1) is 13.8 Å². The molecule has 0 atom stereocenters. The average molecular weight is 231 g/mol. The first-order chi connectivity index (χ1) is 7.99. The topological polar surface area (TPSA) is 68.0 Å². The van der Waals surface area contributed by atoms with E-state index in [0.29, 0.717) is 5.69 Å². The van der Waals surface area contributed by atoms with Crippen molar-refractivity contribution in [2.75, 3.05) is 0 Å². The van der Waals surface area contributed by atoms with Crippen LogP contribution in [0.25, 0.3) is 11.3 Å². The maximum atomic E-state index is 11.0. The van der Waals surface area contributed by atoms with E-state index >= 15 is 0 Å². The lowest BCUT2D eigenvalue weighted by Gasteiger charge is -2.02. The molecule has 2 rings (SSSR count). The quantitative estimate of drug-likeness (QED) is 0.855. The lowest BCUT2D eigenvalue weighted by molar-refractivity contribution is 0.0690. The number of hydrogen-bond donors (Lipinski definition) is 1. The third-order valence-electron chi connectivity index (χ3n) is 2.70. The first-order valence-electron chi connectivity index (χ1n) is 5.21. The van der Waals surface area contributed by atoms with Gasteiger partial charge in [-0.3, -0.25) is 0 Å². The predicted molar refractivity (Wildman–Crippen MR) is 62.9 cm³/mol. The standard InChI is InChI=1S/C12H13N3O2/c1-7-4-5-9(6-8(7)2)10-11(12(16)17)14-15(3)13-10/h4-6H,1-3H3,(H,16,17). The molecule has 17 heavy (non-hydrogen) atoms. The molecule has 0 amide bonds. The molecule has 0 aliphatic rings. The second kappa shape index (κ2) is 4.01. The van der Waals surface area contributed by atoms with Crippen LogP contribution in [-0.2, 0) is 7.05 Å². The van der Waals surface area contributed by atoms with E-state index < -0.39 is 5.97 Å². The lowest BCUT2D eigenvalue weighted by Crippen LogP contribution is -2.00. The van der Waals surface area contributed by atoms with Crippen molar-refractivity contribution in [3.63, 3.8) is 0 Å². The van der Waals surface area contributed by atoms with Crippen LogP contribution < -0.4 is 0 Å². The Balaban J connectivity index is 2.59. The van der Waals surface area contributed by atoms with Gasteiger partial charge in [-0.25, -0.2) is 4.79 Å². The van der Waals surface area contributed by atoms with Crippen LogP contribution in [0.5, 0.6) is 0 Å². The number of rotatable bonds is 2. The smallest absolute Gasteiger partial charge is 0.358 e. The van der Waals surface area contributed by atoms with Gasteiger partial charge in [-0.15, -0.1) is 5.10 Å². The fourth-order valence-corrected chi connectivity index (χ4v) is 1.63. The van der Waals surface area contributed by atoms with E-state index in [1.807, 2.05) is 32.0 Å². The highest BCUT2D eigenvalue weighted by Crippen LogP contribution is 2.22. The Morgan fingerprint density at radius 2 is 1.94 bits per heavy atom. The van der Waals surface area contributed by atoms with Gasteiger partial charge in [-0.1, -0.05) is 12.1 Å². The molecule has 1 N–H and O–H groups in total. The van der Waals surface area contributed by atoms with Crippen molar-refractivity contribution in [2.45, 2.75) is 13.8 Å². The van der Waals surface area contributed by atoms with E-state index in [-0.39, 0.29) is 5.69 Å². The second-order valence-corrected chi connectivity index (χ2v) is 3.99. The maximum Gasteiger partial charge on any atom is 0.358 e. The van der Waals surface area contributed by atoms with Crippen molar-refractivity contribution < 1.29 is 9.90 Å². The molecule has 0 aliphatic carbocycles. The van der Waals surface area contributed by atoms with Gasteiger partial charge in [0, 0.05) is 12.6 Å². The molecular formula is C12H13N3O2. The van der Waals surface area contributed by atoms with Gasteiger partial charge < -0.3 is 5.11 Å². The molecule has 2 aromatic rings. The number of aryl methyl sites for hydroxylation is 3. The van der Waals surface area contributed by atoms with Gasteiger partial charge in [-0.05, 0) is 31.0 Å². The molecule has 0 saturated heterocycles. The number of nitrogens with zero attached hydrogens (tertiary/aromatic N) is 3. The van der Waals surface area contributed by atoms with Crippen LogP contribution in [0.4, 0.5) is 0 Å². The van der Waals surface area contributed by atoms with Gasteiger partial charge in [0.05, 0.1) is 0 Å². The van der Waals surface area contributed by atoms with Gasteiger partial charge in [0.15, 0.2) is 5.69 Å². The summed E-state index contributed by atoms with van der Waals surface area (Å²) in [4.78, 5) is 12.3. The predicted octanol–water partition coefficient (Wildman–Crippen LogP) is 1.80. The zero-order valence-corrected chi connectivity index (χ0v) is 9.93. The fraction of sp³-hybridized carbons (Fsp3) is 0.250. The monoisotopic (exact) mass is 231 g/mol. The van der Waals surface area contributed by atoms with Crippen molar-refractivity contribution in [3.05, 3.63) is 35.0 Å². The molecule has 0 saturated carbocycles. The number of aromatic carboxylic acids is 1. The Bertz CT molecular complexity index is 587. The van der Waals surface area contributed by atoms with E-state index in [1.165, 1.54) is 4.80 Å². The minimum Gasteiger partial charge on any atom is -0.476 e. The molecule has 0 aliphatic heterocycles. The maximum absolute atomic E-state index is 11.0. The molecule has 1 aromatic heterocycles. The summed E-state index contributed by atoms with van der Waals surface area (Å²) in [6, 6.07) is 5.73. The Kier molecular flexibility index (Phi) is 2.67. The summed E-state index contributed by atoms with van der Waals surface area (Å²) < 4.78 is 0. The van der Waals surface area contributed by atoms with Crippen LogP contribution in [0.3, 0.4) is 0 Å². The summed E-state index contributed by atoms with van der Waals surface area (Å²) in [5.41, 5.74) is 3.43. The molecule has 1 heterocycles. The minimum atomic E-state index is -1.06. The zero-order chi connectivity index (χ0) is 12.6. The van der Waals surface area contributed by atoms with Gasteiger partial charge in [0.1, 0.15) is 5.69 Å². The van der Waals surface area contributed by atoms with Crippen molar-refractivity contribution in [1.29, 1.82) is 0 Å². The third-order valence-corrected chi connectivity index (χ3v) is 2.70. The Morgan fingerprint density at radius 3 is 2.53 bits per heavy atom. The highest BCUT2D eigenvalue weighted by molar-refractivity contribution is 5.92. The lowest BCUT2D eigenvalue weighted by atomic mass is 10.0. The molecule has 0 spiro atoms. The summed E-state index contributed by atoms with van der Waals surface area (Å²) in [6.45, 7) is 3.99. The number of carboxylic acids is 1. The highest BCUT2D eigenvalue weighted by Gasteiger charge is 2.18. The van der Waals surface area contributed by atoms with Gasteiger partial charge >= 0.3 is 5.97 Å². The molecule has 88 valence electrons. The van der Waals surface area contributed by atoms with Gasteiger partial charge in [-0.2, -0.15) is 9.90 Å². The molecule has 1 aromatic carbocycles. The molecule has 5 nitrogen and oxygen atoms in total. The number of carbonyl (C=O) groups is 1. The minimum absolute atomic E-state index is 0.0178. The fourth-order valence-electron chi connectivity index (χ4n) is 1.63. The first kappa shape index (κ1) is 11.3. The van der Waals surface area contributed by atoms with Crippen molar-refractivity contribution in [1.82, 2.24) is 15.0 Å². The summed E-state index contributed by atoms with van der Waals surface area (Å²) in [5, 5.41) is 17.0. The van der Waals surface area contributed by atoms with E-state index in [2.05, 4.69) is 10.2 Å². The van der Waals surface area contributed by atoms with Crippen LogP contribution in [0.1, 0.15) is 21.6 Å². The zero-order valence-electron chi connectivity index (χ0n) is 9.93. The molecular weight excluding hydrogens is 218 g/mol. The van der Waals surface area contributed by atoms with E-state index in [4.69, 9.17) is 5.11 Å². The Labute approximate surface area is 98.7 Å². The molecule has 0 fully saturated rings. The van der Waals surface area contributed by atoms with E-state index in [0.717, 1.165) is 16.7 Å². The van der Waals surface area contributed by atoms with Crippen LogP contribution in [-0.4, -0.2) is 26.1 Å². The van der Waals surface area contributed by atoms with E-state index in [9.17, 15) is 4.79 Å². The highest BCUT2D eigenvalue weighted by atomic mass is 16.4. The summed E-state index contributed by atoms with van der Waals surface area (Å²) >= 11 is 0. The molecule has 0 radical (unpaired) electrons. The average Bonchev–Trinajstić information content (AvgIpc) is 2.64. The van der Waals surface area contributed by atoms with Crippen LogP contribution >= 0.6 is 0 Å². The number of hydrogen-bond acceptors (Lipinski definition) is 3. The molecule has 0 unspecified atom stereocenters. The van der Waals surface area contributed by atoms with Crippen molar-refractivity contribution >= 4 is 5.97 Å². The summed E-state index contributed by atoms with van der Waals surface area (Å²) in [5.74, 6) is -1.06. The van der Waals surface area contributed by atoms with Gasteiger partial charge in [0.25, 0.3) is 0 Å². The second-order valence-electron chi connectivity index (χ2n) is 3.99. The van der Waals surface area contributed by atoms with E-state index in [1.54, 1.807) is 7.05 Å². The van der Waals surface area contributed by atoms with Crippen molar-refractivity contribution in [2.24, 2.45) is 7.05 Å². The number of aromatic nitrogens is 3. The third kappa shape index (κ3) is 2.04. The summed E-state index contributed by atoms with van der Waals surface area (Å²) in [6.07, 6.45) is 0. The first-order valence-corrected chi connectivity index (χ1v) is 5.21. The van der Waals surface area contributed by atoms with Gasteiger partial charge in [0.2, 0.25) is 0 Å². The van der Waals surface area contributed by atoms with Crippen LogP contribution in [0.15, 0.2) is 18.2 Å². The summed E-state index contributed by atoms with van der Waals surface area (Å²) in [7, 11) is 1.61. The molecule has 5 heteroatoms. The number of benzene rings is 1. The normalized spacial score (nSPS) is 10.5. The SMILES string of the molecule is Cc1ccc(-c2nn(C)nc2C(=O)O)cc1C. The largest absolute Gasteiger partial charge is 0.476 e. The Morgan fingerprint density at radius 1 is 1.24 bits per heavy atom. The Hall–Kier alpha value is -2.17. The number of carboxylic acid groups (broad SMARTS) is 1.